The molecule has 3 nitrogen and oxygen atoms in total. The largest absolute Gasteiger partial charge is 0.304 e. The molecule has 156 valence electrons. The van der Waals surface area contributed by atoms with Gasteiger partial charge in [-0.15, -0.1) is 0 Å². The summed E-state index contributed by atoms with van der Waals surface area (Å²) in [5.41, 5.74) is 4.68. The number of hydrogen-bond acceptors (Lipinski definition) is 3. The molecule has 2 aliphatic rings. The maximum atomic E-state index is 14.6. The van der Waals surface area contributed by atoms with Crippen molar-refractivity contribution in [3.8, 4) is 0 Å². The Morgan fingerprint density at radius 2 is 1.72 bits per heavy atom. The summed E-state index contributed by atoms with van der Waals surface area (Å²) >= 11 is 0. The summed E-state index contributed by atoms with van der Waals surface area (Å²) in [6.07, 6.45) is 4.33. The van der Waals surface area contributed by atoms with Gasteiger partial charge in [-0.1, -0.05) is 49.2 Å². The molecular weight excluding hydrogens is 361 g/mol. The number of benzene rings is 2. The highest BCUT2D eigenvalue weighted by atomic mass is 19.1. The molecule has 2 aromatic carbocycles. The van der Waals surface area contributed by atoms with Gasteiger partial charge in [0.15, 0.2) is 0 Å². The lowest BCUT2D eigenvalue weighted by molar-refractivity contribution is 0.148. The van der Waals surface area contributed by atoms with Gasteiger partial charge >= 0.3 is 0 Å². The Bertz CT molecular complexity index is 821. The van der Waals surface area contributed by atoms with Gasteiger partial charge in [0.25, 0.3) is 0 Å². The van der Waals surface area contributed by atoms with E-state index in [1.807, 2.05) is 12.1 Å². The van der Waals surface area contributed by atoms with E-state index in [0.29, 0.717) is 0 Å². The van der Waals surface area contributed by atoms with Crippen molar-refractivity contribution < 1.29 is 4.39 Å². The third-order valence-corrected chi connectivity index (χ3v) is 6.88. The third-order valence-electron chi connectivity index (χ3n) is 6.88. The lowest BCUT2D eigenvalue weighted by atomic mass is 9.87. The van der Waals surface area contributed by atoms with Crippen molar-refractivity contribution in [3.63, 3.8) is 0 Å². The average molecular weight is 396 g/mol. The second-order valence-electron chi connectivity index (χ2n) is 8.96. The van der Waals surface area contributed by atoms with Crippen molar-refractivity contribution in [2.24, 2.45) is 0 Å². The number of piperazine rings is 1. The summed E-state index contributed by atoms with van der Waals surface area (Å²) in [7, 11) is 2.20. The number of nitrogens with zero attached hydrogens (tertiary/aromatic N) is 2. The fourth-order valence-corrected chi connectivity index (χ4v) is 4.89. The summed E-state index contributed by atoms with van der Waals surface area (Å²) in [5, 5.41) is 3.76. The van der Waals surface area contributed by atoms with E-state index in [2.05, 4.69) is 47.3 Å². The normalized spacial score (nSPS) is 20.2. The zero-order valence-electron chi connectivity index (χ0n) is 17.9. The molecule has 1 N–H and O–H groups in total. The maximum absolute atomic E-state index is 14.6. The van der Waals surface area contributed by atoms with Gasteiger partial charge < -0.3 is 10.2 Å². The van der Waals surface area contributed by atoms with Crippen LogP contribution in [0.15, 0.2) is 42.5 Å². The van der Waals surface area contributed by atoms with Gasteiger partial charge in [-0.25, -0.2) is 4.39 Å². The minimum absolute atomic E-state index is 0.0819. The SMILES string of the molecule is Cc1ccc(CNC2(c3ccccc3F)CCCC2)cc1CN1CCN(C)CC1. The Labute approximate surface area is 174 Å². The predicted octanol–water partition coefficient (Wildman–Crippen LogP) is 4.44. The number of halogens is 1. The first-order valence-electron chi connectivity index (χ1n) is 11.1. The van der Waals surface area contributed by atoms with E-state index in [-0.39, 0.29) is 11.4 Å². The highest BCUT2D eigenvalue weighted by Gasteiger charge is 2.36. The van der Waals surface area contributed by atoms with Gasteiger partial charge in [-0.05, 0) is 49.6 Å². The molecule has 2 fully saturated rings. The minimum atomic E-state index is -0.228. The van der Waals surface area contributed by atoms with Crippen LogP contribution in [0.25, 0.3) is 0 Å². The Kier molecular flexibility index (Phi) is 6.33. The molecule has 29 heavy (non-hydrogen) atoms. The van der Waals surface area contributed by atoms with Crippen LogP contribution < -0.4 is 5.32 Å². The molecule has 0 amide bonds. The molecule has 0 spiro atoms. The van der Waals surface area contributed by atoms with Gasteiger partial charge in [0, 0.05) is 50.4 Å². The first kappa shape index (κ1) is 20.5. The number of aryl methyl sites for hydroxylation is 1. The second-order valence-corrected chi connectivity index (χ2v) is 8.96. The number of nitrogens with one attached hydrogen (secondary N) is 1. The van der Waals surface area contributed by atoms with Crippen LogP contribution in [-0.4, -0.2) is 43.0 Å². The van der Waals surface area contributed by atoms with Crippen molar-refractivity contribution in [3.05, 3.63) is 70.5 Å². The van der Waals surface area contributed by atoms with Crippen LogP contribution in [-0.2, 0) is 18.6 Å². The molecule has 0 unspecified atom stereocenters. The molecule has 0 bridgehead atoms. The lowest BCUT2D eigenvalue weighted by Gasteiger charge is -2.33. The molecule has 1 aliphatic carbocycles. The topological polar surface area (TPSA) is 18.5 Å². The van der Waals surface area contributed by atoms with Crippen LogP contribution in [0.3, 0.4) is 0 Å². The van der Waals surface area contributed by atoms with Crippen LogP contribution in [0.1, 0.15) is 47.9 Å². The molecule has 1 aliphatic heterocycles. The van der Waals surface area contributed by atoms with Gasteiger partial charge in [-0.2, -0.15) is 0 Å². The Morgan fingerprint density at radius 1 is 1.00 bits per heavy atom. The molecule has 0 radical (unpaired) electrons. The average Bonchev–Trinajstić information content (AvgIpc) is 3.20. The minimum Gasteiger partial charge on any atom is -0.304 e. The van der Waals surface area contributed by atoms with Crippen molar-refractivity contribution in [1.29, 1.82) is 0 Å². The number of likely N-dealkylation sites (N-methyl/N-ethyl adjacent to an activating group) is 1. The van der Waals surface area contributed by atoms with Crippen molar-refractivity contribution in [2.45, 2.75) is 51.2 Å². The molecule has 2 aromatic rings. The summed E-state index contributed by atoms with van der Waals surface area (Å²) in [6, 6.07) is 14.1. The highest BCUT2D eigenvalue weighted by Crippen LogP contribution is 2.40. The highest BCUT2D eigenvalue weighted by molar-refractivity contribution is 5.32. The zero-order chi connectivity index (χ0) is 20.3. The van der Waals surface area contributed by atoms with Crippen LogP contribution >= 0.6 is 0 Å². The van der Waals surface area contributed by atoms with Crippen LogP contribution in [0.4, 0.5) is 4.39 Å². The monoisotopic (exact) mass is 395 g/mol. The summed E-state index contributed by atoms with van der Waals surface area (Å²) < 4.78 is 14.6. The van der Waals surface area contributed by atoms with Crippen LogP contribution in [0, 0.1) is 12.7 Å². The molecular formula is C25H34FN3. The van der Waals surface area contributed by atoms with E-state index in [9.17, 15) is 4.39 Å². The molecule has 4 rings (SSSR count). The van der Waals surface area contributed by atoms with E-state index in [1.165, 1.54) is 16.7 Å². The fraction of sp³-hybridized carbons (Fsp3) is 0.520. The molecule has 1 heterocycles. The molecule has 4 heteroatoms. The van der Waals surface area contributed by atoms with Crippen LogP contribution in [0.2, 0.25) is 0 Å². The standard InChI is InChI=1S/C25H34FN3/c1-20-9-10-21(17-22(20)19-29-15-13-28(2)14-16-29)18-27-25(11-5-6-12-25)23-7-3-4-8-24(23)26/h3-4,7-10,17,27H,5-6,11-16,18-19H2,1-2H3. The predicted molar refractivity (Wildman–Crippen MR) is 117 cm³/mol. The van der Waals surface area contributed by atoms with Crippen molar-refractivity contribution in [1.82, 2.24) is 15.1 Å². The molecule has 0 aromatic heterocycles. The van der Waals surface area contributed by atoms with Gasteiger partial charge in [0.2, 0.25) is 0 Å². The van der Waals surface area contributed by atoms with E-state index in [1.54, 1.807) is 12.1 Å². The van der Waals surface area contributed by atoms with Gasteiger partial charge in [-0.3, -0.25) is 4.90 Å². The van der Waals surface area contributed by atoms with E-state index in [0.717, 1.165) is 70.5 Å². The van der Waals surface area contributed by atoms with E-state index >= 15 is 0 Å². The fourth-order valence-electron chi connectivity index (χ4n) is 4.89. The lowest BCUT2D eigenvalue weighted by Crippen LogP contribution is -2.44. The molecule has 1 saturated heterocycles. The van der Waals surface area contributed by atoms with E-state index < -0.39 is 0 Å². The van der Waals surface area contributed by atoms with E-state index in [4.69, 9.17) is 0 Å². The number of hydrogen-bond donors (Lipinski definition) is 1. The quantitative estimate of drug-likeness (QED) is 0.780. The Morgan fingerprint density at radius 3 is 2.45 bits per heavy atom. The summed E-state index contributed by atoms with van der Waals surface area (Å²) in [4.78, 5) is 4.95. The second kappa shape index (κ2) is 8.95. The van der Waals surface area contributed by atoms with Crippen LogP contribution in [0.5, 0.6) is 0 Å². The third kappa shape index (κ3) is 4.71. The van der Waals surface area contributed by atoms with Crippen molar-refractivity contribution >= 4 is 0 Å². The summed E-state index contributed by atoms with van der Waals surface area (Å²) in [6.45, 7) is 8.57. The number of rotatable bonds is 6. The zero-order valence-corrected chi connectivity index (χ0v) is 17.9. The van der Waals surface area contributed by atoms with Gasteiger partial charge in [0.1, 0.15) is 5.82 Å². The smallest absolute Gasteiger partial charge is 0.128 e. The maximum Gasteiger partial charge on any atom is 0.128 e. The van der Waals surface area contributed by atoms with Gasteiger partial charge in [0.05, 0.1) is 0 Å². The first-order valence-corrected chi connectivity index (χ1v) is 11.1. The Balaban J connectivity index is 1.47. The molecule has 1 saturated carbocycles. The molecule has 0 atom stereocenters. The Hall–Kier alpha value is -1.75. The van der Waals surface area contributed by atoms with Crippen molar-refractivity contribution in [2.75, 3.05) is 33.2 Å². The summed E-state index contributed by atoms with van der Waals surface area (Å²) in [5.74, 6) is -0.0819. The first-order chi connectivity index (χ1) is 14.1.